The Balaban J connectivity index is 2.49. The highest BCUT2D eigenvalue weighted by molar-refractivity contribution is 7.92. The lowest BCUT2D eigenvalue weighted by atomic mass is 9.99. The first kappa shape index (κ1) is 20.8. The van der Waals surface area contributed by atoms with Crippen LogP contribution in [0, 0.1) is 6.92 Å². The molecule has 0 unspecified atom stereocenters. The summed E-state index contributed by atoms with van der Waals surface area (Å²) >= 11 is 0. The van der Waals surface area contributed by atoms with Gasteiger partial charge >= 0.3 is 0 Å². The number of aryl methyl sites for hydroxylation is 1. The molecule has 2 aromatic rings. The molecule has 27 heavy (non-hydrogen) atoms. The van der Waals surface area contributed by atoms with Crippen molar-refractivity contribution in [2.45, 2.75) is 38.5 Å². The van der Waals surface area contributed by atoms with Crippen LogP contribution in [0.4, 0.5) is 5.69 Å². The SMILES string of the molecule is CCNC(=O)c1cc(S(=O)(=O)Nc2c(C)cccc2C(C)C)ccc1OC. The largest absolute Gasteiger partial charge is 0.496 e. The summed E-state index contributed by atoms with van der Waals surface area (Å²) in [5, 5.41) is 2.66. The zero-order chi connectivity index (χ0) is 20.2. The molecule has 1 amide bonds. The quantitative estimate of drug-likeness (QED) is 0.755. The second-order valence-corrected chi connectivity index (χ2v) is 8.20. The lowest BCUT2D eigenvalue weighted by molar-refractivity contribution is 0.0952. The van der Waals surface area contributed by atoms with E-state index in [1.165, 1.54) is 25.3 Å². The zero-order valence-corrected chi connectivity index (χ0v) is 17.1. The normalized spacial score (nSPS) is 11.3. The maximum Gasteiger partial charge on any atom is 0.261 e. The number of sulfonamides is 1. The molecule has 0 bridgehead atoms. The van der Waals surface area contributed by atoms with Gasteiger partial charge in [0.15, 0.2) is 0 Å². The van der Waals surface area contributed by atoms with E-state index < -0.39 is 10.0 Å². The second kappa shape index (κ2) is 8.43. The summed E-state index contributed by atoms with van der Waals surface area (Å²) in [5.74, 6) is 0.0909. The summed E-state index contributed by atoms with van der Waals surface area (Å²) < 4.78 is 33.8. The summed E-state index contributed by atoms with van der Waals surface area (Å²) in [5.41, 5.74) is 2.50. The highest BCUT2D eigenvalue weighted by Gasteiger charge is 2.22. The summed E-state index contributed by atoms with van der Waals surface area (Å²) in [6.07, 6.45) is 0. The van der Waals surface area contributed by atoms with E-state index in [1.54, 1.807) is 6.92 Å². The van der Waals surface area contributed by atoms with Crippen LogP contribution in [0.3, 0.4) is 0 Å². The molecule has 0 aliphatic rings. The van der Waals surface area contributed by atoms with Gasteiger partial charge in [-0.1, -0.05) is 32.0 Å². The summed E-state index contributed by atoms with van der Waals surface area (Å²) in [6, 6.07) is 9.92. The number of para-hydroxylation sites is 1. The van der Waals surface area contributed by atoms with Crippen molar-refractivity contribution in [3.63, 3.8) is 0 Å². The van der Waals surface area contributed by atoms with E-state index in [9.17, 15) is 13.2 Å². The van der Waals surface area contributed by atoms with Crippen molar-refractivity contribution in [2.75, 3.05) is 18.4 Å². The van der Waals surface area contributed by atoms with Gasteiger partial charge in [-0.05, 0) is 49.1 Å². The minimum atomic E-state index is -3.87. The number of anilines is 1. The Labute approximate surface area is 161 Å². The number of hydrogen-bond acceptors (Lipinski definition) is 4. The minimum absolute atomic E-state index is 0.00233. The lowest BCUT2D eigenvalue weighted by Crippen LogP contribution is -2.24. The molecule has 0 spiro atoms. The Bertz CT molecular complexity index is 937. The van der Waals surface area contributed by atoms with Crippen molar-refractivity contribution in [3.05, 3.63) is 53.1 Å². The Kier molecular flexibility index (Phi) is 6.49. The molecule has 2 N–H and O–H groups in total. The van der Waals surface area contributed by atoms with Crippen molar-refractivity contribution in [1.29, 1.82) is 0 Å². The van der Waals surface area contributed by atoms with E-state index in [2.05, 4.69) is 10.0 Å². The average molecular weight is 391 g/mol. The molecule has 2 rings (SSSR count). The number of hydrogen-bond donors (Lipinski definition) is 2. The van der Waals surface area contributed by atoms with E-state index in [0.29, 0.717) is 18.0 Å². The first-order valence-electron chi connectivity index (χ1n) is 8.79. The van der Waals surface area contributed by atoms with Crippen LogP contribution in [0.2, 0.25) is 0 Å². The lowest BCUT2D eigenvalue weighted by Gasteiger charge is -2.18. The molecule has 0 saturated carbocycles. The van der Waals surface area contributed by atoms with E-state index in [0.717, 1.165) is 11.1 Å². The molecule has 7 heteroatoms. The van der Waals surface area contributed by atoms with Gasteiger partial charge in [0.05, 0.1) is 23.3 Å². The number of benzene rings is 2. The highest BCUT2D eigenvalue weighted by atomic mass is 32.2. The van der Waals surface area contributed by atoms with Gasteiger partial charge in [-0.3, -0.25) is 9.52 Å². The summed E-state index contributed by atoms with van der Waals surface area (Å²) in [4.78, 5) is 12.3. The fourth-order valence-corrected chi connectivity index (χ4v) is 3.98. The van der Waals surface area contributed by atoms with Crippen LogP contribution in [-0.2, 0) is 10.0 Å². The number of amides is 1. The van der Waals surface area contributed by atoms with E-state index in [1.807, 2.05) is 39.0 Å². The number of methoxy groups -OCH3 is 1. The predicted molar refractivity (Wildman–Crippen MR) is 107 cm³/mol. The second-order valence-electron chi connectivity index (χ2n) is 6.52. The van der Waals surface area contributed by atoms with Crippen molar-refractivity contribution >= 4 is 21.6 Å². The Morgan fingerprint density at radius 2 is 1.89 bits per heavy atom. The van der Waals surface area contributed by atoms with Crippen LogP contribution in [0.1, 0.15) is 48.2 Å². The van der Waals surface area contributed by atoms with Crippen LogP contribution in [-0.4, -0.2) is 28.0 Å². The van der Waals surface area contributed by atoms with Gasteiger partial charge in [0, 0.05) is 6.54 Å². The Hall–Kier alpha value is -2.54. The molecule has 6 nitrogen and oxygen atoms in total. The molecule has 0 atom stereocenters. The molecule has 0 aliphatic carbocycles. The number of nitrogens with one attached hydrogen (secondary N) is 2. The molecule has 0 saturated heterocycles. The molecule has 0 radical (unpaired) electrons. The van der Waals surface area contributed by atoms with Crippen LogP contribution >= 0.6 is 0 Å². The monoisotopic (exact) mass is 390 g/mol. The van der Waals surface area contributed by atoms with Crippen LogP contribution in [0.15, 0.2) is 41.3 Å². The van der Waals surface area contributed by atoms with Crippen molar-refractivity contribution < 1.29 is 17.9 Å². The van der Waals surface area contributed by atoms with Crippen LogP contribution < -0.4 is 14.8 Å². The van der Waals surface area contributed by atoms with Gasteiger partial charge in [0.25, 0.3) is 15.9 Å². The Morgan fingerprint density at radius 1 is 1.19 bits per heavy atom. The van der Waals surface area contributed by atoms with Crippen LogP contribution in [0.5, 0.6) is 5.75 Å². The fraction of sp³-hybridized carbons (Fsp3) is 0.350. The van der Waals surface area contributed by atoms with E-state index in [4.69, 9.17) is 4.74 Å². The molecular weight excluding hydrogens is 364 g/mol. The highest BCUT2D eigenvalue weighted by Crippen LogP contribution is 2.30. The van der Waals surface area contributed by atoms with Gasteiger partial charge < -0.3 is 10.1 Å². The molecule has 0 aromatic heterocycles. The predicted octanol–water partition coefficient (Wildman–Crippen LogP) is 3.68. The number of carbonyl (C=O) groups excluding carboxylic acids is 1. The van der Waals surface area contributed by atoms with Gasteiger partial charge in [-0.2, -0.15) is 0 Å². The smallest absolute Gasteiger partial charge is 0.261 e. The van der Waals surface area contributed by atoms with Crippen molar-refractivity contribution in [2.24, 2.45) is 0 Å². The first-order chi connectivity index (χ1) is 12.7. The molecule has 0 aliphatic heterocycles. The minimum Gasteiger partial charge on any atom is -0.496 e. The van der Waals surface area contributed by atoms with Gasteiger partial charge in [0.1, 0.15) is 5.75 Å². The molecule has 146 valence electrons. The van der Waals surface area contributed by atoms with Crippen molar-refractivity contribution in [3.8, 4) is 5.75 Å². The molecular formula is C20H26N2O4S. The van der Waals surface area contributed by atoms with Gasteiger partial charge in [-0.25, -0.2) is 8.42 Å². The maximum absolute atomic E-state index is 13.0. The Morgan fingerprint density at radius 3 is 2.48 bits per heavy atom. The third-order valence-electron chi connectivity index (χ3n) is 4.23. The van der Waals surface area contributed by atoms with Crippen LogP contribution in [0.25, 0.3) is 0 Å². The molecule has 0 heterocycles. The van der Waals surface area contributed by atoms with Crippen molar-refractivity contribution in [1.82, 2.24) is 5.32 Å². The van der Waals surface area contributed by atoms with Gasteiger partial charge in [-0.15, -0.1) is 0 Å². The van der Waals surface area contributed by atoms with E-state index >= 15 is 0 Å². The average Bonchev–Trinajstić information content (AvgIpc) is 2.62. The zero-order valence-electron chi connectivity index (χ0n) is 16.3. The molecule has 2 aromatic carbocycles. The first-order valence-corrected chi connectivity index (χ1v) is 10.3. The summed E-state index contributed by atoms with van der Waals surface area (Å²) in [7, 11) is -2.44. The topological polar surface area (TPSA) is 84.5 Å². The standard InChI is InChI=1S/C20H26N2O4S/c1-6-21-20(23)17-12-15(10-11-18(17)26-5)27(24,25)22-19-14(4)8-7-9-16(19)13(2)3/h7-13,22H,6H2,1-5H3,(H,21,23). The summed E-state index contributed by atoms with van der Waals surface area (Å²) in [6.45, 7) is 8.09. The van der Waals surface area contributed by atoms with E-state index in [-0.39, 0.29) is 22.3 Å². The number of carbonyl (C=O) groups is 1. The fourth-order valence-electron chi connectivity index (χ4n) is 2.79. The van der Waals surface area contributed by atoms with Gasteiger partial charge in [0.2, 0.25) is 0 Å². The maximum atomic E-state index is 13.0. The molecule has 0 fully saturated rings. The third kappa shape index (κ3) is 4.60. The third-order valence-corrected chi connectivity index (χ3v) is 5.57. The number of ether oxygens (including phenoxy) is 1. The number of rotatable bonds is 7.